The van der Waals surface area contributed by atoms with Crippen molar-refractivity contribution in [3.8, 4) is 0 Å². The highest BCUT2D eigenvalue weighted by atomic mass is 19.4. The molecule has 0 spiro atoms. The summed E-state index contributed by atoms with van der Waals surface area (Å²) in [6.45, 7) is 0.749. The second kappa shape index (κ2) is 12.0. The molecule has 1 aromatic rings. The van der Waals surface area contributed by atoms with Crippen molar-refractivity contribution < 1.29 is 42.2 Å². The minimum atomic E-state index is -5.34. The highest BCUT2D eigenvalue weighted by Gasteiger charge is 2.47. The Morgan fingerprint density at radius 2 is 1.88 bits per heavy atom. The van der Waals surface area contributed by atoms with Crippen molar-refractivity contribution in [3.05, 3.63) is 48.0 Å². The Morgan fingerprint density at radius 3 is 2.47 bits per heavy atom. The van der Waals surface area contributed by atoms with Gasteiger partial charge < -0.3 is 20.0 Å². The second-order valence-corrected chi connectivity index (χ2v) is 8.16. The summed E-state index contributed by atoms with van der Waals surface area (Å²) in [6, 6.07) is 8.39. The van der Waals surface area contributed by atoms with Gasteiger partial charge in [0.15, 0.2) is 0 Å². The van der Waals surface area contributed by atoms with Crippen molar-refractivity contribution in [2.45, 2.75) is 69.1 Å². The van der Waals surface area contributed by atoms with Gasteiger partial charge in [-0.1, -0.05) is 36.4 Å². The van der Waals surface area contributed by atoms with E-state index in [0.717, 1.165) is 12.5 Å². The molecule has 0 bridgehead atoms. The van der Waals surface area contributed by atoms with Gasteiger partial charge in [0.1, 0.15) is 0 Å². The van der Waals surface area contributed by atoms with Crippen LogP contribution < -0.4 is 16.5 Å². The number of amides is 1. The van der Waals surface area contributed by atoms with E-state index in [2.05, 4.69) is 15.5 Å². The molecule has 4 atom stereocenters. The van der Waals surface area contributed by atoms with E-state index >= 15 is 0 Å². The number of hydroxylamine groups is 1. The Balaban J connectivity index is 1.98. The van der Waals surface area contributed by atoms with Crippen molar-refractivity contribution in [2.24, 2.45) is 5.73 Å². The van der Waals surface area contributed by atoms with E-state index in [1.807, 2.05) is 30.3 Å². The molecular weight excluding hydrogens is 459 g/mol. The van der Waals surface area contributed by atoms with Crippen LogP contribution in [0.2, 0.25) is 0 Å². The predicted molar refractivity (Wildman–Crippen MR) is 113 cm³/mol. The van der Waals surface area contributed by atoms with E-state index in [1.54, 1.807) is 0 Å². The number of benzene rings is 1. The molecule has 9 nitrogen and oxygen atoms in total. The summed E-state index contributed by atoms with van der Waals surface area (Å²) in [5.41, 5.74) is 5.99. The van der Waals surface area contributed by atoms with Gasteiger partial charge in [0, 0.05) is 19.0 Å². The van der Waals surface area contributed by atoms with Gasteiger partial charge in [-0.15, -0.1) is 5.48 Å². The summed E-state index contributed by atoms with van der Waals surface area (Å²) in [4.78, 5) is 40.1. The van der Waals surface area contributed by atoms with Crippen LogP contribution in [0.15, 0.2) is 42.5 Å². The molecule has 1 saturated carbocycles. The molecule has 0 saturated heterocycles. The molecule has 12 heteroatoms. The van der Waals surface area contributed by atoms with Crippen LogP contribution in [0, 0.1) is 0 Å². The predicted octanol–water partition coefficient (Wildman–Crippen LogP) is 1.40. The number of hydrogen-bond acceptors (Lipinski definition) is 8. The molecule has 0 heterocycles. The maximum absolute atomic E-state index is 12.4. The molecular formula is C22H28F3N3O6. The largest absolute Gasteiger partial charge is 0.491 e. The minimum Gasteiger partial charge on any atom is -0.426 e. The van der Waals surface area contributed by atoms with Gasteiger partial charge in [-0.2, -0.15) is 13.2 Å². The number of hydrogen-bond donors (Lipinski definition) is 4. The van der Waals surface area contributed by atoms with Gasteiger partial charge in [0.05, 0.1) is 12.1 Å². The van der Waals surface area contributed by atoms with Gasteiger partial charge in [-0.05, 0) is 37.7 Å². The number of rotatable bonds is 10. The Morgan fingerprint density at radius 1 is 1.21 bits per heavy atom. The fourth-order valence-corrected chi connectivity index (χ4v) is 3.23. The lowest BCUT2D eigenvalue weighted by Crippen LogP contribution is -2.53. The molecule has 0 aromatic heterocycles. The van der Waals surface area contributed by atoms with E-state index in [1.165, 1.54) is 12.2 Å². The maximum atomic E-state index is 12.4. The van der Waals surface area contributed by atoms with E-state index in [4.69, 9.17) is 10.6 Å². The van der Waals surface area contributed by atoms with Gasteiger partial charge in [-0.25, -0.2) is 9.59 Å². The zero-order chi connectivity index (χ0) is 25.4. The zero-order valence-electron chi connectivity index (χ0n) is 18.5. The number of aryl methyl sites for hydroxylation is 1. The van der Waals surface area contributed by atoms with Crippen molar-refractivity contribution in [1.82, 2.24) is 10.8 Å². The molecule has 1 aliphatic rings. The fourth-order valence-electron chi connectivity index (χ4n) is 3.23. The number of alkyl halides is 3. The fraction of sp³-hybridized carbons (Fsp3) is 0.500. The summed E-state index contributed by atoms with van der Waals surface area (Å²) in [6.07, 6.45) is -0.573. The molecule has 0 radical (unpaired) electrons. The maximum Gasteiger partial charge on any atom is 0.491 e. The third-order valence-corrected chi connectivity index (χ3v) is 5.06. The quantitative estimate of drug-likeness (QED) is 0.168. The van der Waals surface area contributed by atoms with E-state index in [-0.39, 0.29) is 6.04 Å². The van der Waals surface area contributed by atoms with Crippen LogP contribution >= 0.6 is 0 Å². The monoisotopic (exact) mass is 487 g/mol. The van der Waals surface area contributed by atoms with Gasteiger partial charge >= 0.3 is 18.1 Å². The summed E-state index contributed by atoms with van der Waals surface area (Å²) < 4.78 is 41.2. The van der Waals surface area contributed by atoms with Crippen molar-refractivity contribution in [2.75, 3.05) is 0 Å². The molecule has 1 fully saturated rings. The number of carbonyl (C=O) groups excluding carboxylic acids is 3. The normalized spacial score (nSPS) is 21.0. The zero-order valence-corrected chi connectivity index (χ0v) is 18.5. The summed E-state index contributed by atoms with van der Waals surface area (Å²) in [7, 11) is 0. The average molecular weight is 487 g/mol. The average Bonchev–Trinajstić information content (AvgIpc) is 3.17. The third kappa shape index (κ3) is 9.12. The Labute approximate surface area is 194 Å². The number of aliphatic hydroxyl groups is 1. The first kappa shape index (κ1) is 27.3. The molecule has 1 aliphatic carbocycles. The first-order chi connectivity index (χ1) is 15.9. The van der Waals surface area contributed by atoms with Crippen molar-refractivity contribution in [3.63, 3.8) is 0 Å². The first-order valence-corrected chi connectivity index (χ1v) is 10.6. The Bertz CT molecular complexity index is 876. The first-order valence-electron chi connectivity index (χ1n) is 10.6. The van der Waals surface area contributed by atoms with Crippen LogP contribution in [0.25, 0.3) is 0 Å². The molecule has 188 valence electrons. The molecule has 5 N–H and O–H groups in total. The number of aliphatic hydroxyl groups excluding tert-OH is 1. The molecule has 2 rings (SSSR count). The molecule has 34 heavy (non-hydrogen) atoms. The smallest absolute Gasteiger partial charge is 0.426 e. The SMILES string of the molecule is C[C@](N)(OC(=O)C(F)(F)F)C(=O)ON[C@H](/C=C/C(=O)N[C@H]1CC[C@H](O)C1)CCc1ccccc1. The van der Waals surface area contributed by atoms with Crippen LogP contribution in [0.5, 0.6) is 0 Å². The molecule has 1 amide bonds. The van der Waals surface area contributed by atoms with Crippen molar-refractivity contribution in [1.29, 1.82) is 0 Å². The highest BCUT2D eigenvalue weighted by Crippen LogP contribution is 2.20. The lowest BCUT2D eigenvalue weighted by Gasteiger charge is -2.24. The number of ether oxygens (including phenoxy) is 1. The lowest BCUT2D eigenvalue weighted by molar-refractivity contribution is -0.219. The van der Waals surface area contributed by atoms with E-state index in [0.29, 0.717) is 32.1 Å². The second-order valence-electron chi connectivity index (χ2n) is 8.16. The minimum absolute atomic E-state index is 0.151. The van der Waals surface area contributed by atoms with Crippen LogP contribution in [0.4, 0.5) is 13.2 Å². The van der Waals surface area contributed by atoms with E-state index in [9.17, 15) is 32.7 Å². The van der Waals surface area contributed by atoms with Crippen molar-refractivity contribution >= 4 is 17.8 Å². The molecule has 0 aliphatic heterocycles. The van der Waals surface area contributed by atoms with Crippen LogP contribution in [-0.4, -0.2) is 53.0 Å². The molecule has 1 aromatic carbocycles. The summed E-state index contributed by atoms with van der Waals surface area (Å²) >= 11 is 0. The lowest BCUT2D eigenvalue weighted by atomic mass is 10.1. The highest BCUT2D eigenvalue weighted by molar-refractivity contribution is 5.87. The topological polar surface area (TPSA) is 140 Å². The van der Waals surface area contributed by atoms with Crippen LogP contribution in [0.1, 0.15) is 38.2 Å². The number of esters is 1. The van der Waals surface area contributed by atoms with Crippen LogP contribution in [0.3, 0.4) is 0 Å². The van der Waals surface area contributed by atoms with E-state index < -0.39 is 41.9 Å². The number of halogens is 3. The van der Waals surface area contributed by atoms with Gasteiger partial charge in [0.2, 0.25) is 5.91 Å². The van der Waals surface area contributed by atoms with Crippen LogP contribution in [-0.2, 0) is 30.4 Å². The summed E-state index contributed by atoms with van der Waals surface area (Å²) in [5, 5.41) is 12.3. The number of nitrogens with one attached hydrogen (secondary N) is 2. The third-order valence-electron chi connectivity index (χ3n) is 5.06. The molecule has 0 unspecified atom stereocenters. The summed E-state index contributed by atoms with van der Waals surface area (Å²) in [5.74, 6) is -4.52. The number of nitrogens with two attached hydrogens (primary N) is 1. The number of carbonyl (C=O) groups is 3. The van der Waals surface area contributed by atoms with Gasteiger partial charge in [-0.3, -0.25) is 10.5 Å². The Hall–Kier alpha value is -2.96. The Kier molecular flexibility index (Phi) is 9.59. The standard InChI is InChI=1S/C22H28F3N3O6/c1-21(26,33-20(32)22(23,24)25)19(31)34-28-15(8-7-14-5-3-2-4-6-14)10-12-18(30)27-16-9-11-17(29)13-16/h2-6,10,12,15-17,28-29H,7-9,11,13,26H2,1H3,(H,27,30)/b12-10+/t15-,16-,17-,21-/m0/s1. The van der Waals surface area contributed by atoms with Gasteiger partial charge in [0.25, 0.3) is 5.72 Å².